The van der Waals surface area contributed by atoms with Crippen LogP contribution >= 0.6 is 7.92 Å². The molecule has 0 amide bonds. The van der Waals surface area contributed by atoms with Gasteiger partial charge in [0.05, 0.1) is 5.56 Å². The fourth-order valence-corrected chi connectivity index (χ4v) is 5.76. The van der Waals surface area contributed by atoms with Crippen molar-refractivity contribution in [2.24, 2.45) is 0 Å². The summed E-state index contributed by atoms with van der Waals surface area (Å²) < 4.78 is 70.6. The molecule has 0 saturated heterocycles. The molecule has 0 aliphatic carbocycles. The zero-order chi connectivity index (χ0) is 21.3. The lowest BCUT2D eigenvalue weighted by atomic mass is 10.0. The Morgan fingerprint density at radius 3 is 1.33 bits per heavy atom. The Kier molecular flexibility index (Phi) is 5.65. The van der Waals surface area contributed by atoms with Gasteiger partial charge in [-0.15, -0.1) is 0 Å². The van der Waals surface area contributed by atoms with Crippen LogP contribution in [0.1, 0.15) is 0 Å². The van der Waals surface area contributed by atoms with Crippen LogP contribution in [0.25, 0.3) is 11.1 Å². The van der Waals surface area contributed by atoms with Crippen molar-refractivity contribution in [3.05, 3.63) is 114 Å². The molecular formula is C24H14F5P. The molecule has 4 rings (SSSR count). The minimum atomic E-state index is -2.17. The summed E-state index contributed by atoms with van der Waals surface area (Å²) in [6.07, 6.45) is 0. The van der Waals surface area contributed by atoms with E-state index in [1.165, 1.54) is 12.1 Å². The molecule has 0 atom stereocenters. The van der Waals surface area contributed by atoms with Crippen molar-refractivity contribution in [1.82, 2.24) is 0 Å². The third-order valence-electron chi connectivity index (χ3n) is 4.65. The van der Waals surface area contributed by atoms with E-state index in [9.17, 15) is 22.0 Å². The zero-order valence-electron chi connectivity index (χ0n) is 15.4. The molecule has 0 aromatic heterocycles. The van der Waals surface area contributed by atoms with Crippen molar-refractivity contribution in [2.75, 3.05) is 0 Å². The lowest BCUT2D eigenvalue weighted by molar-refractivity contribution is 0.381. The molecule has 0 nitrogen and oxygen atoms in total. The van der Waals surface area contributed by atoms with Gasteiger partial charge in [0.25, 0.3) is 0 Å². The first-order valence-electron chi connectivity index (χ1n) is 9.01. The van der Waals surface area contributed by atoms with E-state index in [2.05, 4.69) is 0 Å². The fourth-order valence-electron chi connectivity index (χ4n) is 3.30. The Balaban J connectivity index is 2.03. The summed E-state index contributed by atoms with van der Waals surface area (Å²) >= 11 is 0. The highest BCUT2D eigenvalue weighted by Gasteiger charge is 2.29. The normalized spacial score (nSPS) is 11.1. The van der Waals surface area contributed by atoms with Crippen LogP contribution in [0.3, 0.4) is 0 Å². The van der Waals surface area contributed by atoms with Gasteiger partial charge in [-0.1, -0.05) is 84.9 Å². The Bertz CT molecular complexity index is 1120. The Morgan fingerprint density at radius 1 is 0.433 bits per heavy atom. The molecular weight excluding hydrogens is 414 g/mol. The van der Waals surface area contributed by atoms with Crippen LogP contribution in [0.5, 0.6) is 0 Å². The molecule has 0 saturated carbocycles. The van der Waals surface area contributed by atoms with Crippen LogP contribution in [0.15, 0.2) is 84.9 Å². The van der Waals surface area contributed by atoms with Gasteiger partial charge < -0.3 is 0 Å². The monoisotopic (exact) mass is 428 g/mol. The molecule has 150 valence electrons. The van der Waals surface area contributed by atoms with Gasteiger partial charge in [-0.2, -0.15) is 0 Å². The minimum absolute atomic E-state index is 0.0240. The predicted octanol–water partition coefficient (Wildman–Crippen LogP) is 5.81. The van der Waals surface area contributed by atoms with E-state index in [4.69, 9.17) is 0 Å². The molecule has 0 bridgehead atoms. The van der Waals surface area contributed by atoms with Crippen LogP contribution < -0.4 is 15.9 Å². The molecule has 4 aromatic carbocycles. The van der Waals surface area contributed by atoms with Gasteiger partial charge in [0, 0.05) is 0 Å². The van der Waals surface area contributed by atoms with Crippen molar-refractivity contribution in [1.29, 1.82) is 0 Å². The minimum Gasteiger partial charge on any atom is -0.203 e. The van der Waals surface area contributed by atoms with E-state index in [0.717, 1.165) is 10.6 Å². The number of halogens is 5. The smallest absolute Gasteiger partial charge is 0.200 e. The third-order valence-corrected chi connectivity index (χ3v) is 7.15. The third kappa shape index (κ3) is 3.50. The largest absolute Gasteiger partial charge is 0.203 e. The lowest BCUT2D eigenvalue weighted by Gasteiger charge is -2.23. The van der Waals surface area contributed by atoms with Crippen molar-refractivity contribution < 1.29 is 22.0 Å². The quantitative estimate of drug-likeness (QED) is 0.167. The average Bonchev–Trinajstić information content (AvgIpc) is 2.79. The maximum atomic E-state index is 14.6. The summed E-state index contributed by atoms with van der Waals surface area (Å²) in [5.74, 6) is -9.76. The molecule has 0 radical (unpaired) electrons. The van der Waals surface area contributed by atoms with E-state index in [0.29, 0.717) is 5.30 Å². The highest BCUT2D eigenvalue weighted by Crippen LogP contribution is 2.39. The van der Waals surface area contributed by atoms with Gasteiger partial charge in [-0.05, 0) is 29.4 Å². The summed E-state index contributed by atoms with van der Waals surface area (Å²) in [6.45, 7) is 0. The fraction of sp³-hybridized carbons (Fsp3) is 0. The zero-order valence-corrected chi connectivity index (χ0v) is 16.3. The highest BCUT2D eigenvalue weighted by molar-refractivity contribution is 7.80. The topological polar surface area (TPSA) is 0 Å². The molecule has 0 spiro atoms. The molecule has 0 unspecified atom stereocenters. The van der Waals surface area contributed by atoms with E-state index < -0.39 is 42.6 Å². The molecule has 4 aromatic rings. The number of rotatable bonds is 4. The number of benzene rings is 4. The summed E-state index contributed by atoms with van der Waals surface area (Å²) in [6, 6.07) is 24.8. The van der Waals surface area contributed by atoms with Gasteiger partial charge >= 0.3 is 0 Å². The maximum absolute atomic E-state index is 14.6. The van der Waals surface area contributed by atoms with Crippen molar-refractivity contribution >= 4 is 23.8 Å². The molecule has 6 heteroatoms. The van der Waals surface area contributed by atoms with Gasteiger partial charge in [-0.3, -0.25) is 0 Å². The maximum Gasteiger partial charge on any atom is 0.200 e. The van der Waals surface area contributed by atoms with Gasteiger partial charge in [0.15, 0.2) is 23.3 Å². The van der Waals surface area contributed by atoms with Gasteiger partial charge in [0.1, 0.15) is 0 Å². The molecule has 0 fully saturated rings. The Labute approximate surface area is 171 Å². The first kappa shape index (κ1) is 20.2. The summed E-state index contributed by atoms with van der Waals surface area (Å²) in [5, 5.41) is 2.26. The molecule has 30 heavy (non-hydrogen) atoms. The first-order valence-corrected chi connectivity index (χ1v) is 10.4. The standard InChI is InChI=1S/C24H14F5P/c25-20-19(21(26)23(28)24(29)22(20)27)17-13-7-8-14-18(17)30(15-9-3-1-4-10-15)16-11-5-2-6-12-16/h1-14H. The second kappa shape index (κ2) is 8.37. The van der Waals surface area contributed by atoms with Crippen molar-refractivity contribution in [2.45, 2.75) is 0 Å². The van der Waals surface area contributed by atoms with E-state index in [1.807, 2.05) is 60.7 Å². The highest BCUT2D eigenvalue weighted by atomic mass is 31.1. The molecule has 0 heterocycles. The van der Waals surface area contributed by atoms with E-state index >= 15 is 0 Å². The SMILES string of the molecule is Fc1c(F)c(F)c(-c2ccccc2P(c2ccccc2)c2ccccc2)c(F)c1F. The van der Waals surface area contributed by atoms with E-state index in [1.54, 1.807) is 12.1 Å². The summed E-state index contributed by atoms with van der Waals surface area (Å²) in [5.41, 5.74) is -0.939. The molecule has 0 N–H and O–H groups in total. The molecule has 0 aliphatic heterocycles. The van der Waals surface area contributed by atoms with Crippen LogP contribution in [-0.4, -0.2) is 0 Å². The Hall–Kier alpha value is -3.04. The molecule has 0 aliphatic rings. The van der Waals surface area contributed by atoms with Crippen LogP contribution in [0.4, 0.5) is 22.0 Å². The second-order valence-electron chi connectivity index (χ2n) is 6.47. The number of hydrogen-bond donors (Lipinski definition) is 0. The van der Waals surface area contributed by atoms with Crippen molar-refractivity contribution in [3.63, 3.8) is 0 Å². The lowest BCUT2D eigenvalue weighted by Crippen LogP contribution is -2.22. The summed E-state index contributed by atoms with van der Waals surface area (Å²) in [4.78, 5) is 0. The predicted molar refractivity (Wildman–Crippen MR) is 110 cm³/mol. The second-order valence-corrected chi connectivity index (χ2v) is 8.65. The van der Waals surface area contributed by atoms with Gasteiger partial charge in [0.2, 0.25) is 5.82 Å². The van der Waals surface area contributed by atoms with Crippen LogP contribution in [-0.2, 0) is 0 Å². The van der Waals surface area contributed by atoms with Crippen LogP contribution in [0.2, 0.25) is 0 Å². The van der Waals surface area contributed by atoms with Crippen molar-refractivity contribution in [3.8, 4) is 11.1 Å². The first-order chi connectivity index (χ1) is 14.5. The Morgan fingerprint density at radius 2 is 0.833 bits per heavy atom. The number of hydrogen-bond acceptors (Lipinski definition) is 0. The van der Waals surface area contributed by atoms with E-state index in [-0.39, 0.29) is 5.56 Å². The summed E-state index contributed by atoms with van der Waals surface area (Å²) in [7, 11) is -1.31. The van der Waals surface area contributed by atoms with Crippen LogP contribution in [0, 0.1) is 29.1 Å². The average molecular weight is 428 g/mol. The van der Waals surface area contributed by atoms with Gasteiger partial charge in [-0.25, -0.2) is 22.0 Å².